The van der Waals surface area contributed by atoms with Crippen LogP contribution in [0.15, 0.2) is 46.2 Å². The van der Waals surface area contributed by atoms with Gasteiger partial charge in [0.25, 0.3) is 0 Å². The third-order valence-corrected chi connectivity index (χ3v) is 3.98. The molecule has 0 bridgehead atoms. The van der Waals surface area contributed by atoms with Crippen LogP contribution in [0.25, 0.3) is 11.3 Å². The van der Waals surface area contributed by atoms with E-state index in [0.717, 1.165) is 22.2 Å². The van der Waals surface area contributed by atoms with Gasteiger partial charge in [-0.25, -0.2) is 4.98 Å². The number of imidazole rings is 1. The van der Waals surface area contributed by atoms with Crippen LogP contribution in [0.1, 0.15) is 32.5 Å². The largest absolute Gasteiger partial charge is 0.338 e. The van der Waals surface area contributed by atoms with Crippen LogP contribution in [0.5, 0.6) is 0 Å². The standard InChI is InChI=1S/C16H18N4OS/c1-16(2,3)14-19-13(21-20-14)10-22-15-17-9-12(18-15)11-7-5-4-6-8-11/h4-9H,10H2,1-3H3,(H,17,18). The lowest BCUT2D eigenvalue weighted by Gasteiger charge is -2.10. The van der Waals surface area contributed by atoms with Gasteiger partial charge in [0.2, 0.25) is 5.89 Å². The first-order valence-electron chi connectivity index (χ1n) is 7.09. The number of aromatic amines is 1. The molecule has 0 spiro atoms. The molecule has 0 saturated carbocycles. The van der Waals surface area contributed by atoms with Gasteiger partial charge in [-0.1, -0.05) is 68.0 Å². The minimum atomic E-state index is -0.0996. The van der Waals surface area contributed by atoms with Gasteiger partial charge >= 0.3 is 0 Å². The second-order valence-corrected chi connectivity index (χ2v) is 6.98. The van der Waals surface area contributed by atoms with E-state index >= 15 is 0 Å². The first-order valence-corrected chi connectivity index (χ1v) is 8.07. The van der Waals surface area contributed by atoms with Crippen molar-refractivity contribution < 1.29 is 4.52 Å². The van der Waals surface area contributed by atoms with Gasteiger partial charge in [0.05, 0.1) is 17.6 Å². The number of benzene rings is 1. The molecule has 1 N–H and O–H groups in total. The summed E-state index contributed by atoms with van der Waals surface area (Å²) >= 11 is 1.55. The highest BCUT2D eigenvalue weighted by molar-refractivity contribution is 7.98. The number of aromatic nitrogens is 4. The maximum atomic E-state index is 5.28. The van der Waals surface area contributed by atoms with Crippen LogP contribution in [0.3, 0.4) is 0 Å². The highest BCUT2D eigenvalue weighted by Crippen LogP contribution is 2.25. The van der Waals surface area contributed by atoms with Crippen molar-refractivity contribution in [1.29, 1.82) is 0 Å². The maximum absolute atomic E-state index is 5.28. The fraction of sp³-hybridized carbons (Fsp3) is 0.312. The summed E-state index contributed by atoms with van der Waals surface area (Å²) in [5.74, 6) is 1.95. The maximum Gasteiger partial charge on any atom is 0.237 e. The molecule has 0 saturated heterocycles. The molecule has 2 aromatic heterocycles. The van der Waals surface area contributed by atoms with Crippen LogP contribution in [0, 0.1) is 0 Å². The van der Waals surface area contributed by atoms with E-state index < -0.39 is 0 Å². The molecule has 0 atom stereocenters. The van der Waals surface area contributed by atoms with E-state index in [4.69, 9.17) is 4.52 Å². The lowest BCUT2D eigenvalue weighted by atomic mass is 9.96. The van der Waals surface area contributed by atoms with E-state index in [9.17, 15) is 0 Å². The monoisotopic (exact) mass is 314 g/mol. The smallest absolute Gasteiger partial charge is 0.237 e. The van der Waals surface area contributed by atoms with Gasteiger partial charge in [0.1, 0.15) is 0 Å². The predicted molar refractivity (Wildman–Crippen MR) is 86.6 cm³/mol. The Balaban J connectivity index is 1.65. The molecular formula is C16H18N4OS. The number of nitrogens with zero attached hydrogens (tertiary/aromatic N) is 3. The number of thioether (sulfide) groups is 1. The Morgan fingerprint density at radius 1 is 1.18 bits per heavy atom. The lowest BCUT2D eigenvalue weighted by Crippen LogP contribution is -2.13. The molecule has 0 amide bonds. The first-order chi connectivity index (χ1) is 10.5. The number of rotatable bonds is 4. The van der Waals surface area contributed by atoms with Gasteiger partial charge in [-0.05, 0) is 5.56 Å². The minimum absolute atomic E-state index is 0.0996. The van der Waals surface area contributed by atoms with E-state index in [1.165, 1.54) is 0 Å². The summed E-state index contributed by atoms with van der Waals surface area (Å²) in [6.07, 6.45) is 1.84. The summed E-state index contributed by atoms with van der Waals surface area (Å²) in [7, 11) is 0. The Bertz CT molecular complexity index is 743. The van der Waals surface area contributed by atoms with Crippen molar-refractivity contribution in [3.05, 3.63) is 48.2 Å². The zero-order chi connectivity index (χ0) is 15.6. The molecule has 1 aromatic carbocycles. The van der Waals surface area contributed by atoms with Crippen molar-refractivity contribution >= 4 is 11.8 Å². The third kappa shape index (κ3) is 3.39. The van der Waals surface area contributed by atoms with Crippen LogP contribution >= 0.6 is 11.8 Å². The SMILES string of the molecule is CC(C)(C)c1noc(CSc2ncc(-c3ccccc3)[nH]2)n1. The van der Waals surface area contributed by atoms with Gasteiger partial charge in [0.15, 0.2) is 11.0 Å². The topological polar surface area (TPSA) is 67.6 Å². The zero-order valence-corrected chi connectivity index (χ0v) is 13.6. The molecule has 22 heavy (non-hydrogen) atoms. The molecule has 0 aliphatic heterocycles. The van der Waals surface area contributed by atoms with Crippen molar-refractivity contribution in [2.24, 2.45) is 0 Å². The van der Waals surface area contributed by atoms with E-state index in [0.29, 0.717) is 11.6 Å². The Kier molecular flexibility index (Phi) is 4.02. The molecule has 0 aliphatic rings. The summed E-state index contributed by atoms with van der Waals surface area (Å²) in [5, 5.41) is 4.86. The average molecular weight is 314 g/mol. The van der Waals surface area contributed by atoms with Crippen molar-refractivity contribution in [2.75, 3.05) is 0 Å². The number of H-pyrrole nitrogens is 1. The van der Waals surface area contributed by atoms with Gasteiger partial charge in [-0.15, -0.1) is 0 Å². The first kappa shape index (κ1) is 14.8. The lowest BCUT2D eigenvalue weighted by molar-refractivity contribution is 0.373. The Hall–Kier alpha value is -2.08. The normalized spacial score (nSPS) is 11.8. The summed E-state index contributed by atoms with van der Waals surface area (Å²) < 4.78 is 5.28. The number of hydrogen-bond donors (Lipinski definition) is 1. The van der Waals surface area contributed by atoms with Crippen LogP contribution in [0.2, 0.25) is 0 Å². The molecule has 0 unspecified atom stereocenters. The Morgan fingerprint density at radius 2 is 1.95 bits per heavy atom. The molecule has 0 fully saturated rings. The van der Waals surface area contributed by atoms with Gasteiger partial charge in [-0.3, -0.25) is 0 Å². The van der Waals surface area contributed by atoms with E-state index in [1.54, 1.807) is 11.8 Å². The molecule has 3 aromatic rings. The van der Waals surface area contributed by atoms with Crippen molar-refractivity contribution in [3.8, 4) is 11.3 Å². The van der Waals surface area contributed by atoms with Crippen LogP contribution < -0.4 is 0 Å². The summed E-state index contributed by atoms with van der Waals surface area (Å²) in [5.41, 5.74) is 2.02. The molecular weight excluding hydrogens is 296 g/mol. The quantitative estimate of drug-likeness (QED) is 0.736. The summed E-state index contributed by atoms with van der Waals surface area (Å²) in [4.78, 5) is 12.1. The second kappa shape index (κ2) is 5.96. The van der Waals surface area contributed by atoms with E-state index in [2.05, 4.69) is 53.0 Å². The van der Waals surface area contributed by atoms with Crippen LogP contribution in [-0.4, -0.2) is 20.1 Å². The second-order valence-electron chi connectivity index (χ2n) is 6.02. The Morgan fingerprint density at radius 3 is 2.64 bits per heavy atom. The molecule has 0 aliphatic carbocycles. The Labute approximate surface area is 133 Å². The fourth-order valence-corrected chi connectivity index (χ4v) is 2.58. The molecule has 6 heteroatoms. The molecule has 114 valence electrons. The van der Waals surface area contributed by atoms with E-state index in [1.807, 2.05) is 24.4 Å². The minimum Gasteiger partial charge on any atom is -0.338 e. The highest BCUT2D eigenvalue weighted by Gasteiger charge is 2.21. The third-order valence-electron chi connectivity index (χ3n) is 3.11. The predicted octanol–water partition coefficient (Wildman–Crippen LogP) is 4.05. The summed E-state index contributed by atoms with van der Waals surface area (Å²) in [6.45, 7) is 6.19. The van der Waals surface area contributed by atoms with Crippen LogP contribution in [0.4, 0.5) is 0 Å². The van der Waals surface area contributed by atoms with Crippen molar-refractivity contribution in [3.63, 3.8) is 0 Å². The van der Waals surface area contributed by atoms with Crippen molar-refractivity contribution in [2.45, 2.75) is 37.1 Å². The van der Waals surface area contributed by atoms with Gasteiger partial charge in [0, 0.05) is 5.41 Å². The molecule has 3 rings (SSSR count). The highest BCUT2D eigenvalue weighted by atomic mass is 32.2. The summed E-state index contributed by atoms with van der Waals surface area (Å²) in [6, 6.07) is 10.1. The van der Waals surface area contributed by atoms with E-state index in [-0.39, 0.29) is 5.41 Å². The van der Waals surface area contributed by atoms with Gasteiger partial charge < -0.3 is 9.51 Å². The molecule has 5 nitrogen and oxygen atoms in total. The van der Waals surface area contributed by atoms with Crippen molar-refractivity contribution in [1.82, 2.24) is 20.1 Å². The number of hydrogen-bond acceptors (Lipinski definition) is 5. The average Bonchev–Trinajstić information content (AvgIpc) is 3.15. The fourth-order valence-electron chi connectivity index (χ4n) is 1.89. The van der Waals surface area contributed by atoms with Gasteiger partial charge in [-0.2, -0.15) is 4.98 Å². The zero-order valence-electron chi connectivity index (χ0n) is 12.8. The molecule has 0 radical (unpaired) electrons. The van der Waals surface area contributed by atoms with Crippen LogP contribution in [-0.2, 0) is 11.2 Å². The molecule has 2 heterocycles. The number of nitrogens with one attached hydrogen (secondary N) is 1.